The second-order valence-electron chi connectivity index (χ2n) is 5.09. The van der Waals surface area contributed by atoms with E-state index in [2.05, 4.69) is 25.9 Å². The van der Waals surface area contributed by atoms with E-state index in [-0.39, 0.29) is 0 Å². The van der Waals surface area contributed by atoms with E-state index in [1.54, 1.807) is 18.5 Å². The number of nitrogens with one attached hydrogen (secondary N) is 3. The summed E-state index contributed by atoms with van der Waals surface area (Å²) in [6.45, 7) is 2.75. The molecule has 0 unspecified atom stereocenters. The Morgan fingerprint density at radius 1 is 1.13 bits per heavy atom. The summed E-state index contributed by atoms with van der Waals surface area (Å²) in [4.78, 5) is 8.32. The molecule has 0 bridgehead atoms. The quantitative estimate of drug-likeness (QED) is 0.614. The monoisotopic (exact) mass is 310 g/mol. The second kappa shape index (κ2) is 9.38. The summed E-state index contributed by atoms with van der Waals surface area (Å²) >= 11 is 0. The van der Waals surface area contributed by atoms with E-state index in [4.69, 9.17) is 5.26 Å². The average Bonchev–Trinajstić information content (AvgIpc) is 2.61. The van der Waals surface area contributed by atoms with E-state index >= 15 is 0 Å². The van der Waals surface area contributed by atoms with Gasteiger partial charge in [-0.2, -0.15) is 5.26 Å². The third-order valence-electron chi connectivity index (χ3n) is 3.42. The first-order valence-electron chi connectivity index (χ1n) is 7.76. The van der Waals surface area contributed by atoms with Crippen molar-refractivity contribution in [3.63, 3.8) is 0 Å². The van der Waals surface area contributed by atoms with Crippen LogP contribution in [0.25, 0.3) is 0 Å². The van der Waals surface area contributed by atoms with E-state index in [0.717, 1.165) is 49.5 Å². The normalized spacial score (nSPS) is 10.1. The summed E-state index contributed by atoms with van der Waals surface area (Å²) in [6, 6.07) is 9.68. The first kappa shape index (κ1) is 16.7. The first-order valence-corrected chi connectivity index (χ1v) is 7.76. The Hall–Kier alpha value is -2.65. The van der Waals surface area contributed by atoms with Crippen LogP contribution in [0.2, 0.25) is 0 Å². The molecule has 2 rings (SSSR count). The van der Waals surface area contributed by atoms with E-state index in [1.807, 2.05) is 31.3 Å². The largest absolute Gasteiger partial charge is 0.382 e. The molecule has 0 aromatic carbocycles. The molecule has 0 amide bonds. The lowest BCUT2D eigenvalue weighted by molar-refractivity contribution is 0.659. The Kier molecular flexibility index (Phi) is 6.82. The summed E-state index contributed by atoms with van der Waals surface area (Å²) in [6.07, 6.45) is 5.49. The number of hydrogen-bond donors (Lipinski definition) is 3. The molecule has 0 spiro atoms. The van der Waals surface area contributed by atoms with Crippen molar-refractivity contribution < 1.29 is 0 Å². The molecule has 2 aromatic heterocycles. The van der Waals surface area contributed by atoms with Crippen LogP contribution in [-0.2, 0) is 6.42 Å². The molecule has 2 heterocycles. The van der Waals surface area contributed by atoms with Crippen LogP contribution in [0.4, 0.5) is 11.5 Å². The average molecular weight is 310 g/mol. The van der Waals surface area contributed by atoms with E-state index in [9.17, 15) is 0 Å². The van der Waals surface area contributed by atoms with Crippen LogP contribution in [0.1, 0.15) is 17.7 Å². The van der Waals surface area contributed by atoms with Crippen molar-refractivity contribution in [2.45, 2.75) is 12.8 Å². The molecular weight excluding hydrogens is 288 g/mol. The molecule has 6 nitrogen and oxygen atoms in total. The zero-order valence-electron chi connectivity index (χ0n) is 13.3. The Labute approximate surface area is 137 Å². The Bertz CT molecular complexity index is 632. The highest BCUT2D eigenvalue weighted by Crippen LogP contribution is 2.16. The molecule has 0 aliphatic rings. The molecule has 0 atom stereocenters. The van der Waals surface area contributed by atoms with Crippen LogP contribution < -0.4 is 16.0 Å². The van der Waals surface area contributed by atoms with Crippen molar-refractivity contribution in [1.29, 1.82) is 5.26 Å². The summed E-state index contributed by atoms with van der Waals surface area (Å²) in [5.74, 6) is 0.869. The van der Waals surface area contributed by atoms with Gasteiger partial charge in [-0.05, 0) is 49.7 Å². The van der Waals surface area contributed by atoms with Crippen LogP contribution in [0, 0.1) is 11.3 Å². The molecule has 3 N–H and O–H groups in total. The molecular formula is C17H22N6. The molecule has 0 saturated heterocycles. The standard InChI is InChI=1S/C17H22N6/c1-19-17-16(4-2-9-22-17)21-10-3-8-20-11-7-14-5-6-15(12-18)23-13-14/h2,4-6,9,13,20-21H,3,7-8,10-11H2,1H3,(H,19,22). The molecule has 120 valence electrons. The van der Waals surface area contributed by atoms with Crippen molar-refractivity contribution in [2.24, 2.45) is 0 Å². The van der Waals surface area contributed by atoms with Gasteiger partial charge < -0.3 is 16.0 Å². The fourth-order valence-corrected chi connectivity index (χ4v) is 2.18. The number of anilines is 2. The lowest BCUT2D eigenvalue weighted by Crippen LogP contribution is -2.21. The van der Waals surface area contributed by atoms with Crippen LogP contribution >= 0.6 is 0 Å². The van der Waals surface area contributed by atoms with Crippen molar-refractivity contribution in [3.05, 3.63) is 47.9 Å². The molecule has 0 saturated carbocycles. The Balaban J connectivity index is 1.58. The Morgan fingerprint density at radius 3 is 2.78 bits per heavy atom. The van der Waals surface area contributed by atoms with Crippen molar-refractivity contribution in [3.8, 4) is 6.07 Å². The zero-order chi connectivity index (χ0) is 16.3. The predicted molar refractivity (Wildman–Crippen MR) is 92.4 cm³/mol. The maximum atomic E-state index is 8.70. The third kappa shape index (κ3) is 5.57. The number of hydrogen-bond acceptors (Lipinski definition) is 6. The van der Waals surface area contributed by atoms with Gasteiger partial charge in [-0.25, -0.2) is 9.97 Å². The molecule has 0 aliphatic carbocycles. The second-order valence-corrected chi connectivity index (χ2v) is 5.09. The highest BCUT2D eigenvalue weighted by molar-refractivity contribution is 5.63. The van der Waals surface area contributed by atoms with Gasteiger partial charge in [0.2, 0.25) is 0 Å². The van der Waals surface area contributed by atoms with Crippen LogP contribution in [-0.4, -0.2) is 36.6 Å². The van der Waals surface area contributed by atoms with Gasteiger partial charge in [-0.1, -0.05) is 6.07 Å². The van der Waals surface area contributed by atoms with Crippen molar-refractivity contribution in [2.75, 3.05) is 37.3 Å². The summed E-state index contributed by atoms with van der Waals surface area (Å²) in [7, 11) is 1.87. The smallest absolute Gasteiger partial charge is 0.149 e. The van der Waals surface area contributed by atoms with Crippen molar-refractivity contribution in [1.82, 2.24) is 15.3 Å². The third-order valence-corrected chi connectivity index (χ3v) is 3.42. The highest BCUT2D eigenvalue weighted by Gasteiger charge is 1.99. The Morgan fingerprint density at radius 2 is 2.04 bits per heavy atom. The van der Waals surface area contributed by atoms with Crippen LogP contribution in [0.15, 0.2) is 36.7 Å². The maximum Gasteiger partial charge on any atom is 0.149 e. The minimum absolute atomic E-state index is 0.462. The number of pyridine rings is 2. The van der Waals surface area contributed by atoms with Gasteiger partial charge in [0.1, 0.15) is 17.6 Å². The van der Waals surface area contributed by atoms with E-state index in [0.29, 0.717) is 5.69 Å². The van der Waals surface area contributed by atoms with Crippen LogP contribution in [0.3, 0.4) is 0 Å². The minimum Gasteiger partial charge on any atom is -0.382 e. The maximum absolute atomic E-state index is 8.70. The number of rotatable bonds is 9. The number of nitrogens with zero attached hydrogens (tertiary/aromatic N) is 3. The van der Waals surface area contributed by atoms with E-state index in [1.165, 1.54) is 0 Å². The highest BCUT2D eigenvalue weighted by atomic mass is 15.0. The minimum atomic E-state index is 0.462. The van der Waals surface area contributed by atoms with Gasteiger partial charge in [-0.15, -0.1) is 0 Å². The SMILES string of the molecule is CNc1ncccc1NCCCNCCc1ccc(C#N)nc1. The topological polar surface area (TPSA) is 85.7 Å². The van der Waals surface area contributed by atoms with Gasteiger partial charge in [0.25, 0.3) is 0 Å². The number of aromatic nitrogens is 2. The molecule has 0 fully saturated rings. The van der Waals surface area contributed by atoms with Gasteiger partial charge in [0.15, 0.2) is 0 Å². The fourth-order valence-electron chi connectivity index (χ4n) is 2.18. The van der Waals surface area contributed by atoms with Gasteiger partial charge in [-0.3, -0.25) is 0 Å². The molecule has 2 aromatic rings. The van der Waals surface area contributed by atoms with Gasteiger partial charge in [0, 0.05) is 26.0 Å². The fraction of sp³-hybridized carbons (Fsp3) is 0.353. The summed E-state index contributed by atoms with van der Waals surface area (Å²) < 4.78 is 0. The molecule has 0 radical (unpaired) electrons. The summed E-state index contributed by atoms with van der Waals surface area (Å²) in [5.41, 5.74) is 2.63. The van der Waals surface area contributed by atoms with E-state index < -0.39 is 0 Å². The van der Waals surface area contributed by atoms with Gasteiger partial charge in [0.05, 0.1) is 5.69 Å². The lowest BCUT2D eigenvalue weighted by Gasteiger charge is -2.10. The van der Waals surface area contributed by atoms with Crippen molar-refractivity contribution >= 4 is 11.5 Å². The lowest BCUT2D eigenvalue weighted by atomic mass is 10.2. The molecule has 23 heavy (non-hydrogen) atoms. The first-order chi connectivity index (χ1) is 11.3. The number of nitriles is 1. The molecule has 6 heteroatoms. The predicted octanol–water partition coefficient (Wildman–Crippen LogP) is 2.02. The van der Waals surface area contributed by atoms with Crippen LogP contribution in [0.5, 0.6) is 0 Å². The molecule has 0 aliphatic heterocycles. The zero-order valence-corrected chi connectivity index (χ0v) is 13.3. The summed E-state index contributed by atoms with van der Waals surface area (Å²) in [5, 5.41) is 18.6. The van der Waals surface area contributed by atoms with Gasteiger partial charge >= 0.3 is 0 Å².